The maximum absolute atomic E-state index is 12.6. The van der Waals surface area contributed by atoms with Crippen molar-refractivity contribution >= 4 is 29.2 Å². The van der Waals surface area contributed by atoms with E-state index < -0.39 is 12.0 Å². The number of aromatic carboxylic acids is 1. The van der Waals surface area contributed by atoms with Crippen molar-refractivity contribution in [1.29, 1.82) is 0 Å². The van der Waals surface area contributed by atoms with Gasteiger partial charge in [0, 0.05) is 30.8 Å². The lowest BCUT2D eigenvalue weighted by molar-refractivity contribution is -0.115. The highest BCUT2D eigenvalue weighted by Gasteiger charge is 2.13. The lowest BCUT2D eigenvalue weighted by atomic mass is 10.0. The highest BCUT2D eigenvalue weighted by Crippen LogP contribution is 2.26. The number of anilines is 2. The molecular weight excluding hydrogens is 486 g/mol. The van der Waals surface area contributed by atoms with Crippen LogP contribution in [0.2, 0.25) is 0 Å². The van der Waals surface area contributed by atoms with E-state index in [0.717, 1.165) is 11.1 Å². The number of ketones is 1. The van der Waals surface area contributed by atoms with Gasteiger partial charge in [0.25, 0.3) is 0 Å². The van der Waals surface area contributed by atoms with E-state index in [2.05, 4.69) is 22.5 Å². The third-order valence-electron chi connectivity index (χ3n) is 5.65. The van der Waals surface area contributed by atoms with E-state index in [1.807, 2.05) is 31.2 Å². The summed E-state index contributed by atoms with van der Waals surface area (Å²) in [6, 6.07) is 18.4. The molecule has 3 rings (SSSR count). The van der Waals surface area contributed by atoms with Gasteiger partial charge in [-0.25, -0.2) is 9.59 Å². The van der Waals surface area contributed by atoms with Crippen molar-refractivity contribution in [2.45, 2.75) is 13.3 Å². The van der Waals surface area contributed by atoms with Crippen LogP contribution in [0.15, 0.2) is 78.9 Å². The second-order valence-corrected chi connectivity index (χ2v) is 8.49. The molecule has 0 unspecified atom stereocenters. The number of Topliss-reactive ketones (excluding diaryl/α,β-unsaturated/α-hetero) is 1. The number of carbonyl (C=O) groups is 3. The Balaban J connectivity index is 1.44. The first-order chi connectivity index (χ1) is 18.3. The summed E-state index contributed by atoms with van der Waals surface area (Å²) in [5.41, 5.74) is 3.48. The molecule has 2 amide bonds. The maximum Gasteiger partial charge on any atom is 0.335 e. The van der Waals surface area contributed by atoms with Gasteiger partial charge in [0.2, 0.25) is 0 Å². The predicted molar refractivity (Wildman–Crippen MR) is 146 cm³/mol. The highest BCUT2D eigenvalue weighted by atomic mass is 16.5. The summed E-state index contributed by atoms with van der Waals surface area (Å²) in [6.45, 7) is 6.90. The molecule has 0 saturated heterocycles. The van der Waals surface area contributed by atoms with Crippen LogP contribution < -0.4 is 25.4 Å². The van der Waals surface area contributed by atoms with Gasteiger partial charge in [-0.05, 0) is 60.5 Å². The van der Waals surface area contributed by atoms with E-state index in [9.17, 15) is 14.4 Å². The number of aryl methyl sites for hydroxylation is 1. The zero-order valence-electron chi connectivity index (χ0n) is 21.4. The number of methoxy groups -OCH3 is 1. The average Bonchev–Trinajstić information content (AvgIpc) is 2.90. The smallest absolute Gasteiger partial charge is 0.335 e. The highest BCUT2D eigenvalue weighted by molar-refractivity contribution is 6.01. The molecule has 4 N–H and O–H groups in total. The topological polar surface area (TPSA) is 126 Å². The lowest BCUT2D eigenvalue weighted by Crippen LogP contribution is -2.26. The Labute approximate surface area is 221 Å². The molecule has 38 heavy (non-hydrogen) atoms. The Morgan fingerprint density at radius 1 is 0.947 bits per heavy atom. The van der Waals surface area contributed by atoms with Crippen LogP contribution in [-0.4, -0.2) is 49.7 Å². The van der Waals surface area contributed by atoms with Crippen LogP contribution in [-0.2, 0) is 11.2 Å². The molecule has 9 heteroatoms. The van der Waals surface area contributed by atoms with Crippen LogP contribution in [0.25, 0.3) is 0 Å². The molecule has 3 aromatic carbocycles. The second kappa shape index (κ2) is 13.6. The van der Waals surface area contributed by atoms with Gasteiger partial charge >= 0.3 is 12.0 Å². The molecule has 0 aliphatic rings. The Bertz CT molecular complexity index is 1300. The van der Waals surface area contributed by atoms with Gasteiger partial charge in [-0.15, -0.1) is 0 Å². The number of para-hydroxylation sites is 1. The summed E-state index contributed by atoms with van der Waals surface area (Å²) < 4.78 is 11.0. The van der Waals surface area contributed by atoms with Gasteiger partial charge < -0.3 is 30.5 Å². The zero-order valence-corrected chi connectivity index (χ0v) is 21.4. The van der Waals surface area contributed by atoms with Gasteiger partial charge in [0.05, 0.1) is 18.4 Å². The maximum atomic E-state index is 12.6. The number of urea groups is 1. The van der Waals surface area contributed by atoms with E-state index in [4.69, 9.17) is 14.6 Å². The minimum atomic E-state index is -0.992. The minimum absolute atomic E-state index is 0.122. The second-order valence-electron chi connectivity index (χ2n) is 8.49. The van der Waals surface area contributed by atoms with E-state index in [1.54, 1.807) is 30.3 Å². The number of hydrogen-bond donors (Lipinski definition) is 4. The van der Waals surface area contributed by atoms with E-state index in [-0.39, 0.29) is 17.8 Å². The predicted octanol–water partition coefficient (Wildman–Crippen LogP) is 4.68. The molecule has 0 aromatic heterocycles. The van der Waals surface area contributed by atoms with Crippen molar-refractivity contribution < 1.29 is 29.0 Å². The van der Waals surface area contributed by atoms with E-state index in [1.165, 1.54) is 19.2 Å². The van der Waals surface area contributed by atoms with Gasteiger partial charge in [-0.1, -0.05) is 30.8 Å². The molecule has 0 aliphatic carbocycles. The normalized spacial score (nSPS) is 10.4. The number of nitrogens with one attached hydrogen (secondary N) is 3. The summed E-state index contributed by atoms with van der Waals surface area (Å²) in [5.74, 6) is -0.116. The van der Waals surface area contributed by atoms with Crippen LogP contribution in [0.5, 0.6) is 11.5 Å². The number of rotatable bonds is 13. The number of carboxylic acids is 1. The molecule has 9 nitrogen and oxygen atoms in total. The van der Waals surface area contributed by atoms with Crippen molar-refractivity contribution in [1.82, 2.24) is 5.32 Å². The first-order valence-electron chi connectivity index (χ1n) is 11.9. The monoisotopic (exact) mass is 517 g/mol. The van der Waals surface area contributed by atoms with Crippen molar-refractivity contribution in [3.63, 3.8) is 0 Å². The molecule has 3 aromatic rings. The fraction of sp³-hybridized carbons (Fsp3) is 0.207. The largest absolute Gasteiger partial charge is 0.495 e. The van der Waals surface area contributed by atoms with Crippen molar-refractivity contribution in [2.75, 3.05) is 37.4 Å². The third-order valence-corrected chi connectivity index (χ3v) is 5.65. The SMILES string of the molecule is C=C(CNCCOc1ccc(C(=O)O)cc1)C(=O)Cc1ccc(NC(=O)Nc2ccccc2C)c(OC)c1. The van der Waals surface area contributed by atoms with Crippen molar-refractivity contribution in [2.24, 2.45) is 0 Å². The van der Waals surface area contributed by atoms with E-state index in [0.29, 0.717) is 48.1 Å². The molecule has 198 valence electrons. The minimum Gasteiger partial charge on any atom is -0.495 e. The van der Waals surface area contributed by atoms with E-state index >= 15 is 0 Å². The zero-order chi connectivity index (χ0) is 27.5. The molecule has 0 atom stereocenters. The fourth-order valence-electron chi connectivity index (χ4n) is 3.52. The number of carboxylic acid groups (broad SMARTS) is 1. The van der Waals surface area contributed by atoms with Gasteiger partial charge in [-0.3, -0.25) is 4.79 Å². The van der Waals surface area contributed by atoms with Crippen molar-refractivity contribution in [3.8, 4) is 11.5 Å². The Morgan fingerprint density at radius 2 is 1.66 bits per heavy atom. The molecule has 0 spiro atoms. The molecule has 0 aliphatic heterocycles. The molecule has 0 fully saturated rings. The van der Waals surface area contributed by atoms with Crippen LogP contribution in [0, 0.1) is 6.92 Å². The van der Waals surface area contributed by atoms with Crippen LogP contribution >= 0.6 is 0 Å². The number of ether oxygens (including phenoxy) is 2. The van der Waals surface area contributed by atoms with Crippen LogP contribution in [0.1, 0.15) is 21.5 Å². The number of carbonyl (C=O) groups excluding carboxylic acids is 2. The molecule has 0 heterocycles. The molecular formula is C29H31N3O6. The molecule has 0 bridgehead atoms. The summed E-state index contributed by atoms with van der Waals surface area (Å²) in [6.07, 6.45) is 0.138. The lowest BCUT2D eigenvalue weighted by Gasteiger charge is -2.14. The fourth-order valence-corrected chi connectivity index (χ4v) is 3.52. The van der Waals surface area contributed by atoms with Gasteiger partial charge in [0.1, 0.15) is 18.1 Å². The number of benzene rings is 3. The Morgan fingerprint density at radius 3 is 2.34 bits per heavy atom. The van der Waals surface area contributed by atoms with Crippen LogP contribution in [0.4, 0.5) is 16.2 Å². The first kappa shape index (κ1) is 27.9. The summed E-state index contributed by atoms with van der Waals surface area (Å²) in [4.78, 5) is 36.0. The van der Waals surface area contributed by atoms with Gasteiger partial charge in [-0.2, -0.15) is 0 Å². The number of amides is 2. The Kier molecular flexibility index (Phi) is 10.0. The van der Waals surface area contributed by atoms with Gasteiger partial charge in [0.15, 0.2) is 5.78 Å². The summed E-state index contributed by atoms with van der Waals surface area (Å²) in [7, 11) is 1.50. The first-order valence-corrected chi connectivity index (χ1v) is 11.9. The summed E-state index contributed by atoms with van der Waals surface area (Å²) >= 11 is 0. The quantitative estimate of drug-likeness (QED) is 0.192. The summed E-state index contributed by atoms with van der Waals surface area (Å²) in [5, 5.41) is 17.6. The molecule has 0 radical (unpaired) electrons. The van der Waals surface area contributed by atoms with Crippen LogP contribution in [0.3, 0.4) is 0 Å². The average molecular weight is 518 g/mol. The third kappa shape index (κ3) is 8.21. The van der Waals surface area contributed by atoms with Crippen molar-refractivity contribution in [3.05, 3.63) is 95.6 Å². The molecule has 0 saturated carbocycles. The number of hydrogen-bond acceptors (Lipinski definition) is 6. The standard InChI is InChI=1S/C29H31N3O6/c1-19-6-4-5-7-24(19)31-29(36)32-25-13-8-21(17-27(25)37-3)16-26(33)20(2)18-30-14-15-38-23-11-9-22(10-12-23)28(34)35/h4-13,17,30H,2,14-16,18H2,1,3H3,(H,34,35)(H2,31,32,36). The Hall–Kier alpha value is -4.63.